The first-order chi connectivity index (χ1) is 8.69. The van der Waals surface area contributed by atoms with Crippen molar-refractivity contribution in [2.75, 3.05) is 12.4 Å². The van der Waals surface area contributed by atoms with E-state index in [4.69, 9.17) is 4.74 Å². The molecular formula is C13H12BrIN2O. The minimum atomic E-state index is 0.637. The van der Waals surface area contributed by atoms with Crippen LogP contribution in [0.1, 0.15) is 5.69 Å². The van der Waals surface area contributed by atoms with E-state index in [1.54, 1.807) is 7.11 Å². The van der Waals surface area contributed by atoms with Crippen molar-refractivity contribution in [1.82, 2.24) is 4.98 Å². The van der Waals surface area contributed by atoms with Crippen molar-refractivity contribution in [1.29, 1.82) is 0 Å². The monoisotopic (exact) mass is 418 g/mol. The van der Waals surface area contributed by atoms with Gasteiger partial charge in [-0.05, 0) is 62.8 Å². The van der Waals surface area contributed by atoms with Crippen LogP contribution < -0.4 is 10.1 Å². The number of hydrogen-bond acceptors (Lipinski definition) is 3. The number of ether oxygens (including phenoxy) is 1. The van der Waals surface area contributed by atoms with Gasteiger partial charge in [0.2, 0.25) is 5.88 Å². The van der Waals surface area contributed by atoms with E-state index in [2.05, 4.69) is 61.0 Å². The first-order valence-corrected chi connectivity index (χ1v) is 7.25. The molecule has 0 amide bonds. The average molecular weight is 419 g/mol. The number of nitrogens with one attached hydrogen (secondary N) is 1. The fourth-order valence-electron chi connectivity index (χ4n) is 1.47. The minimum Gasteiger partial charge on any atom is -0.481 e. The summed E-state index contributed by atoms with van der Waals surface area (Å²) in [4.78, 5) is 4.35. The van der Waals surface area contributed by atoms with Crippen molar-refractivity contribution in [3.05, 3.63) is 50.1 Å². The van der Waals surface area contributed by atoms with E-state index in [0.717, 1.165) is 15.9 Å². The highest BCUT2D eigenvalue weighted by Gasteiger charge is 2.00. The maximum absolute atomic E-state index is 5.09. The van der Waals surface area contributed by atoms with Crippen LogP contribution in [-0.4, -0.2) is 12.1 Å². The van der Waals surface area contributed by atoms with Gasteiger partial charge in [-0.3, -0.25) is 0 Å². The van der Waals surface area contributed by atoms with Crippen LogP contribution >= 0.6 is 38.5 Å². The van der Waals surface area contributed by atoms with Crippen molar-refractivity contribution in [3.63, 3.8) is 0 Å². The van der Waals surface area contributed by atoms with E-state index in [0.29, 0.717) is 12.4 Å². The Bertz CT molecular complexity index is 548. The Morgan fingerprint density at radius 2 is 2.17 bits per heavy atom. The Kier molecular flexibility index (Phi) is 4.82. The highest BCUT2D eigenvalue weighted by Crippen LogP contribution is 2.23. The Hall–Kier alpha value is -0.820. The summed E-state index contributed by atoms with van der Waals surface area (Å²) in [5.74, 6) is 0.637. The summed E-state index contributed by atoms with van der Waals surface area (Å²) in [6.07, 6.45) is 0. The van der Waals surface area contributed by atoms with Crippen molar-refractivity contribution < 1.29 is 4.74 Å². The molecule has 0 aliphatic heterocycles. The maximum atomic E-state index is 5.09. The van der Waals surface area contributed by atoms with Gasteiger partial charge in [0.1, 0.15) is 0 Å². The molecule has 5 heteroatoms. The van der Waals surface area contributed by atoms with Crippen LogP contribution in [0.2, 0.25) is 0 Å². The van der Waals surface area contributed by atoms with Crippen LogP contribution in [0, 0.1) is 3.57 Å². The number of pyridine rings is 1. The van der Waals surface area contributed by atoms with E-state index >= 15 is 0 Å². The van der Waals surface area contributed by atoms with Crippen LogP contribution in [0.25, 0.3) is 0 Å². The third kappa shape index (κ3) is 3.58. The van der Waals surface area contributed by atoms with Gasteiger partial charge < -0.3 is 10.1 Å². The van der Waals surface area contributed by atoms with Gasteiger partial charge in [-0.1, -0.05) is 6.07 Å². The molecule has 0 aliphatic rings. The molecule has 0 saturated carbocycles. The van der Waals surface area contributed by atoms with E-state index < -0.39 is 0 Å². The Morgan fingerprint density at radius 3 is 2.89 bits per heavy atom. The number of aromatic nitrogens is 1. The van der Waals surface area contributed by atoms with Crippen molar-refractivity contribution >= 4 is 44.2 Å². The molecule has 18 heavy (non-hydrogen) atoms. The lowest BCUT2D eigenvalue weighted by atomic mass is 10.3. The van der Waals surface area contributed by atoms with Gasteiger partial charge in [0.15, 0.2) is 0 Å². The van der Waals surface area contributed by atoms with Gasteiger partial charge in [0, 0.05) is 19.8 Å². The summed E-state index contributed by atoms with van der Waals surface area (Å²) in [5, 5.41) is 3.33. The van der Waals surface area contributed by atoms with E-state index in [1.807, 2.05) is 24.3 Å². The summed E-state index contributed by atoms with van der Waals surface area (Å²) in [5.41, 5.74) is 2.01. The predicted octanol–water partition coefficient (Wildman–Crippen LogP) is 4.07. The highest BCUT2D eigenvalue weighted by molar-refractivity contribution is 14.1. The largest absolute Gasteiger partial charge is 0.481 e. The highest BCUT2D eigenvalue weighted by atomic mass is 127. The second-order valence-corrected chi connectivity index (χ2v) is 5.67. The molecular weight excluding hydrogens is 407 g/mol. The zero-order valence-corrected chi connectivity index (χ0v) is 13.5. The summed E-state index contributed by atoms with van der Waals surface area (Å²) in [6, 6.07) is 11.9. The quantitative estimate of drug-likeness (QED) is 0.760. The lowest BCUT2D eigenvalue weighted by molar-refractivity contribution is 0.396. The second-order valence-electron chi connectivity index (χ2n) is 3.65. The smallest absolute Gasteiger partial charge is 0.213 e. The molecule has 0 saturated heterocycles. The lowest BCUT2D eigenvalue weighted by Crippen LogP contribution is -2.02. The van der Waals surface area contributed by atoms with Crippen LogP contribution in [0.15, 0.2) is 40.9 Å². The van der Waals surface area contributed by atoms with Crippen molar-refractivity contribution in [2.24, 2.45) is 0 Å². The molecule has 0 atom stereocenters. The number of halogens is 2. The standard InChI is InChI=1S/C13H12BrIN2O/c1-18-13-4-2-3-10(17-13)8-16-9-5-6-12(15)11(14)7-9/h2-7,16H,8H2,1H3. The Morgan fingerprint density at radius 1 is 1.33 bits per heavy atom. The van der Waals surface area contributed by atoms with Crippen molar-refractivity contribution in [3.8, 4) is 5.88 Å². The number of benzene rings is 1. The van der Waals surface area contributed by atoms with E-state index in [1.165, 1.54) is 3.57 Å². The molecule has 1 heterocycles. The predicted molar refractivity (Wildman–Crippen MR) is 85.0 cm³/mol. The third-order valence-electron chi connectivity index (χ3n) is 2.38. The number of methoxy groups -OCH3 is 1. The molecule has 0 radical (unpaired) electrons. The lowest BCUT2D eigenvalue weighted by Gasteiger charge is -2.08. The molecule has 1 aromatic heterocycles. The van der Waals surface area contributed by atoms with Gasteiger partial charge in [0.25, 0.3) is 0 Å². The molecule has 0 fully saturated rings. The fraction of sp³-hybridized carbons (Fsp3) is 0.154. The molecule has 2 aromatic rings. The summed E-state index contributed by atoms with van der Waals surface area (Å²) < 4.78 is 7.38. The Labute approximate surface area is 128 Å². The normalized spacial score (nSPS) is 10.2. The molecule has 0 aliphatic carbocycles. The first kappa shape index (κ1) is 13.6. The molecule has 1 N–H and O–H groups in total. The molecule has 0 bridgehead atoms. The fourth-order valence-corrected chi connectivity index (χ4v) is 2.18. The zero-order chi connectivity index (χ0) is 13.0. The first-order valence-electron chi connectivity index (χ1n) is 5.38. The average Bonchev–Trinajstić information content (AvgIpc) is 2.40. The molecule has 94 valence electrons. The van der Waals surface area contributed by atoms with Gasteiger partial charge in [-0.25, -0.2) is 4.98 Å². The number of rotatable bonds is 4. The van der Waals surface area contributed by atoms with Gasteiger partial charge in [-0.2, -0.15) is 0 Å². The third-order valence-corrected chi connectivity index (χ3v) is 4.72. The molecule has 0 spiro atoms. The summed E-state index contributed by atoms with van der Waals surface area (Å²) in [7, 11) is 1.62. The maximum Gasteiger partial charge on any atom is 0.213 e. The summed E-state index contributed by atoms with van der Waals surface area (Å²) >= 11 is 5.80. The second kappa shape index (κ2) is 6.38. The van der Waals surface area contributed by atoms with Gasteiger partial charge in [-0.15, -0.1) is 0 Å². The van der Waals surface area contributed by atoms with E-state index in [9.17, 15) is 0 Å². The zero-order valence-electron chi connectivity index (χ0n) is 9.78. The van der Waals surface area contributed by atoms with Crippen molar-refractivity contribution in [2.45, 2.75) is 6.54 Å². The van der Waals surface area contributed by atoms with Crippen LogP contribution in [0.4, 0.5) is 5.69 Å². The number of anilines is 1. The molecule has 3 nitrogen and oxygen atoms in total. The number of nitrogens with zero attached hydrogens (tertiary/aromatic N) is 1. The number of hydrogen-bond donors (Lipinski definition) is 1. The molecule has 0 unspecified atom stereocenters. The van der Waals surface area contributed by atoms with Crippen LogP contribution in [0.5, 0.6) is 5.88 Å². The topological polar surface area (TPSA) is 34.1 Å². The SMILES string of the molecule is COc1cccc(CNc2ccc(I)c(Br)c2)n1. The van der Waals surface area contributed by atoms with Gasteiger partial charge in [0.05, 0.1) is 19.3 Å². The van der Waals surface area contributed by atoms with E-state index in [-0.39, 0.29) is 0 Å². The Balaban J connectivity index is 2.04. The van der Waals surface area contributed by atoms with Crippen LogP contribution in [-0.2, 0) is 6.54 Å². The molecule has 1 aromatic carbocycles. The minimum absolute atomic E-state index is 0.637. The summed E-state index contributed by atoms with van der Waals surface area (Å²) in [6.45, 7) is 0.671. The molecule has 2 rings (SSSR count). The van der Waals surface area contributed by atoms with Gasteiger partial charge >= 0.3 is 0 Å². The van der Waals surface area contributed by atoms with Crippen LogP contribution in [0.3, 0.4) is 0 Å².